The monoisotopic (exact) mass is 618 g/mol. The van der Waals surface area contributed by atoms with E-state index in [1.165, 1.54) is 29.8 Å². The minimum Gasteiger partial charge on any atom is -0.458 e. The van der Waals surface area contributed by atoms with Crippen LogP contribution in [0.2, 0.25) is 0 Å². The highest BCUT2D eigenvalue weighted by Crippen LogP contribution is 2.34. The van der Waals surface area contributed by atoms with Crippen LogP contribution in [0.4, 0.5) is 0 Å². The Hall–Kier alpha value is -2.56. The van der Waals surface area contributed by atoms with Crippen molar-refractivity contribution in [3.8, 4) is 0 Å². The lowest BCUT2D eigenvalue weighted by Gasteiger charge is -2.31. The fourth-order valence-corrected chi connectivity index (χ4v) is 6.50. The van der Waals surface area contributed by atoms with Gasteiger partial charge in [-0.05, 0) is 81.4 Å². The maximum Gasteiger partial charge on any atom is 0.333 e. The third kappa shape index (κ3) is 6.12. The molecule has 39 heavy (non-hydrogen) atoms. The molecule has 0 saturated heterocycles. The molecule has 2 heterocycles. The van der Waals surface area contributed by atoms with Gasteiger partial charge in [-0.25, -0.2) is 14.2 Å². The number of hydrogen-bond donors (Lipinski definition) is 0. The van der Waals surface area contributed by atoms with Gasteiger partial charge in [0.25, 0.3) is 5.56 Å². The second-order valence-corrected chi connectivity index (χ2v) is 13.9. The number of esters is 1. The molecule has 0 aliphatic heterocycles. The summed E-state index contributed by atoms with van der Waals surface area (Å²) < 4.78 is 15.4. The molecule has 3 aromatic rings. The van der Waals surface area contributed by atoms with Crippen molar-refractivity contribution in [2.24, 2.45) is 0 Å². The Morgan fingerprint density at radius 3 is 2.28 bits per heavy atom. The number of Topliss-reactive ketones (excluding diaryl/α,β-unsaturated/α-hetero) is 1. The first-order valence-electron chi connectivity index (χ1n) is 13.1. The molecule has 1 aromatic carbocycles. The highest BCUT2D eigenvalue weighted by molar-refractivity contribution is 9.11. The Morgan fingerprint density at radius 2 is 1.69 bits per heavy atom. The number of ether oxygens (including phenoxy) is 2. The summed E-state index contributed by atoms with van der Waals surface area (Å²) in [5.74, 6) is -0.436. The van der Waals surface area contributed by atoms with Crippen molar-refractivity contribution in [1.82, 2.24) is 9.13 Å². The quantitative estimate of drug-likeness (QED) is 0.318. The molecule has 0 amide bonds. The van der Waals surface area contributed by atoms with E-state index >= 15 is 0 Å². The number of ketones is 1. The molecule has 2 aromatic heterocycles. The maximum atomic E-state index is 14.2. The molecule has 0 radical (unpaired) electrons. The van der Waals surface area contributed by atoms with Crippen LogP contribution in [0.5, 0.6) is 0 Å². The molecule has 0 spiro atoms. The highest BCUT2D eigenvalue weighted by atomic mass is 79.9. The van der Waals surface area contributed by atoms with Gasteiger partial charge in [0.2, 0.25) is 0 Å². The lowest BCUT2D eigenvalue weighted by atomic mass is 9.96. The molecule has 0 N–H and O–H groups in total. The van der Waals surface area contributed by atoms with Gasteiger partial charge in [0, 0.05) is 12.8 Å². The van der Waals surface area contributed by atoms with Crippen LogP contribution < -0.4 is 11.2 Å². The SMILES string of the molecule is Cc1c(Br)sc2c1c(=O)n(C(C)(C)C(=O)OC(C)(C)C)c(=O)n2CC(OC1CCC(=O)CC1)c1ccccc1. The van der Waals surface area contributed by atoms with Crippen molar-refractivity contribution in [2.75, 3.05) is 0 Å². The Morgan fingerprint density at radius 1 is 1.08 bits per heavy atom. The molecule has 1 atom stereocenters. The zero-order valence-electron chi connectivity index (χ0n) is 23.2. The number of halogens is 1. The van der Waals surface area contributed by atoms with E-state index in [4.69, 9.17) is 9.47 Å². The minimum atomic E-state index is -1.56. The number of aryl methyl sites for hydroxylation is 1. The first-order valence-corrected chi connectivity index (χ1v) is 14.7. The molecule has 1 unspecified atom stereocenters. The molecular formula is C29H35BrN2O6S. The van der Waals surface area contributed by atoms with Crippen molar-refractivity contribution in [2.45, 2.75) is 97.1 Å². The van der Waals surface area contributed by atoms with Crippen molar-refractivity contribution >= 4 is 49.2 Å². The highest BCUT2D eigenvalue weighted by Gasteiger charge is 2.39. The van der Waals surface area contributed by atoms with Crippen LogP contribution in [0, 0.1) is 6.92 Å². The summed E-state index contributed by atoms with van der Waals surface area (Å²) in [4.78, 5) is 53.6. The molecule has 8 nitrogen and oxygen atoms in total. The van der Waals surface area contributed by atoms with Gasteiger partial charge >= 0.3 is 11.7 Å². The van der Waals surface area contributed by atoms with Gasteiger partial charge in [0.15, 0.2) is 0 Å². The third-order valence-electron chi connectivity index (χ3n) is 6.98. The van der Waals surface area contributed by atoms with E-state index < -0.39 is 34.5 Å². The van der Waals surface area contributed by atoms with Crippen LogP contribution in [0.25, 0.3) is 10.2 Å². The van der Waals surface area contributed by atoms with Crippen LogP contribution in [-0.4, -0.2) is 32.6 Å². The van der Waals surface area contributed by atoms with Crippen LogP contribution in [0.3, 0.4) is 0 Å². The van der Waals surface area contributed by atoms with Crippen molar-refractivity contribution in [3.05, 3.63) is 66.1 Å². The zero-order chi connectivity index (χ0) is 28.7. The predicted octanol–water partition coefficient (Wildman–Crippen LogP) is 5.64. The summed E-state index contributed by atoms with van der Waals surface area (Å²) in [6, 6.07) is 9.61. The Labute approximate surface area is 240 Å². The number of carbonyl (C=O) groups is 2. The molecule has 10 heteroatoms. The van der Waals surface area contributed by atoms with Gasteiger partial charge in [-0.2, -0.15) is 0 Å². The summed E-state index contributed by atoms with van der Waals surface area (Å²) in [7, 11) is 0. The normalized spacial score (nSPS) is 16.0. The van der Waals surface area contributed by atoms with Crippen LogP contribution in [0.15, 0.2) is 43.7 Å². The van der Waals surface area contributed by atoms with E-state index in [0.717, 1.165) is 13.9 Å². The average Bonchev–Trinajstić information content (AvgIpc) is 3.15. The third-order valence-corrected chi connectivity index (χ3v) is 9.16. The summed E-state index contributed by atoms with van der Waals surface area (Å²) in [6.07, 6.45) is 1.56. The first kappa shape index (κ1) is 29.4. The summed E-state index contributed by atoms with van der Waals surface area (Å²) in [5, 5.41) is 0.373. The molecule has 1 fully saturated rings. The predicted molar refractivity (Wildman–Crippen MR) is 155 cm³/mol. The maximum absolute atomic E-state index is 14.2. The summed E-state index contributed by atoms with van der Waals surface area (Å²) >= 11 is 4.85. The number of nitrogens with zero attached hydrogens (tertiary/aromatic N) is 2. The minimum absolute atomic E-state index is 0.125. The number of benzene rings is 1. The van der Waals surface area contributed by atoms with Gasteiger partial charge in [-0.1, -0.05) is 30.3 Å². The first-order chi connectivity index (χ1) is 18.2. The fourth-order valence-electron chi connectivity index (χ4n) is 4.81. The second kappa shape index (κ2) is 11.1. The molecule has 1 saturated carbocycles. The van der Waals surface area contributed by atoms with Crippen molar-refractivity contribution in [1.29, 1.82) is 0 Å². The number of aromatic nitrogens is 2. The van der Waals surface area contributed by atoms with Gasteiger partial charge in [0.05, 0.1) is 21.8 Å². The molecule has 1 aliphatic rings. The smallest absolute Gasteiger partial charge is 0.333 e. The van der Waals surface area contributed by atoms with Gasteiger partial charge in [-0.15, -0.1) is 11.3 Å². The van der Waals surface area contributed by atoms with E-state index in [9.17, 15) is 19.2 Å². The standard InChI is InChI=1S/C29H35BrN2O6S/c1-17-22-24(34)32(29(5,6)26(35)38-28(2,3)4)27(36)31(25(22)39-23(17)30)16-21(18-10-8-7-9-11-18)37-20-14-12-19(33)13-15-20/h7-11,20-21H,12-16H2,1-6H3. The Balaban J connectivity index is 1.88. The van der Waals surface area contributed by atoms with Gasteiger partial charge < -0.3 is 9.47 Å². The molecule has 4 rings (SSSR count). The lowest BCUT2D eigenvalue weighted by molar-refractivity contribution is -0.164. The number of fused-ring (bicyclic) bond motifs is 1. The van der Waals surface area contributed by atoms with E-state index in [0.29, 0.717) is 41.5 Å². The number of rotatable bonds is 7. The number of hydrogen-bond acceptors (Lipinski definition) is 7. The average molecular weight is 620 g/mol. The van der Waals surface area contributed by atoms with Crippen LogP contribution in [0.1, 0.15) is 77.5 Å². The van der Waals surface area contributed by atoms with Gasteiger partial charge in [-0.3, -0.25) is 14.2 Å². The zero-order valence-corrected chi connectivity index (χ0v) is 25.6. The van der Waals surface area contributed by atoms with Gasteiger partial charge in [0.1, 0.15) is 27.9 Å². The Kier molecular flexibility index (Phi) is 8.40. The lowest BCUT2D eigenvalue weighted by Crippen LogP contribution is -2.54. The largest absolute Gasteiger partial charge is 0.458 e. The summed E-state index contributed by atoms with van der Waals surface area (Å²) in [5.41, 5.74) is -1.93. The molecule has 0 bridgehead atoms. The molecular weight excluding hydrogens is 584 g/mol. The number of thiophene rings is 1. The Bertz CT molecular complexity index is 1500. The van der Waals surface area contributed by atoms with Crippen molar-refractivity contribution in [3.63, 3.8) is 0 Å². The molecule has 1 aliphatic carbocycles. The van der Waals surface area contributed by atoms with Crippen LogP contribution >= 0.6 is 27.3 Å². The van der Waals surface area contributed by atoms with Crippen LogP contribution in [-0.2, 0) is 31.1 Å². The van der Waals surface area contributed by atoms with Crippen molar-refractivity contribution < 1.29 is 19.1 Å². The molecule has 210 valence electrons. The van der Waals surface area contributed by atoms with E-state index in [1.807, 2.05) is 37.3 Å². The summed E-state index contributed by atoms with van der Waals surface area (Å²) in [6.45, 7) is 10.2. The topological polar surface area (TPSA) is 96.6 Å². The van der Waals surface area contributed by atoms with E-state index in [2.05, 4.69) is 15.9 Å². The second-order valence-electron chi connectivity index (χ2n) is 11.5. The number of carbonyl (C=O) groups excluding carboxylic acids is 2. The van der Waals surface area contributed by atoms with E-state index in [1.54, 1.807) is 20.8 Å². The fraction of sp³-hybridized carbons (Fsp3) is 0.517. The van der Waals surface area contributed by atoms with E-state index in [-0.39, 0.29) is 18.4 Å².